The highest BCUT2D eigenvalue weighted by molar-refractivity contribution is 14.0. The molecule has 1 fully saturated rings. The van der Waals surface area contributed by atoms with Gasteiger partial charge in [0.25, 0.3) is 0 Å². The van der Waals surface area contributed by atoms with E-state index < -0.39 is 0 Å². The van der Waals surface area contributed by atoms with E-state index >= 15 is 0 Å². The smallest absolute Gasteiger partial charge is 0.220 e. The molecule has 0 aliphatic heterocycles. The zero-order chi connectivity index (χ0) is 17.1. The number of nitrogens with one attached hydrogen (secondary N) is 2. The Bertz CT molecular complexity index is 368. The van der Waals surface area contributed by atoms with Gasteiger partial charge >= 0.3 is 0 Å². The molecule has 1 amide bonds. The fourth-order valence-corrected chi connectivity index (χ4v) is 3.12. The van der Waals surface area contributed by atoms with Crippen LogP contribution < -0.4 is 16.4 Å². The highest BCUT2D eigenvalue weighted by Crippen LogP contribution is 2.27. The molecule has 0 heterocycles. The van der Waals surface area contributed by atoms with Gasteiger partial charge in [0.2, 0.25) is 5.91 Å². The number of nitrogens with two attached hydrogens (primary N) is 1. The second-order valence-corrected chi connectivity index (χ2v) is 7.34. The minimum Gasteiger partial charge on any atom is -0.370 e. The van der Waals surface area contributed by atoms with Crippen molar-refractivity contribution in [2.45, 2.75) is 78.2 Å². The number of carbonyl (C=O) groups is 1. The number of amides is 1. The van der Waals surface area contributed by atoms with Crippen LogP contribution in [0.3, 0.4) is 0 Å². The predicted octanol–water partition coefficient (Wildman–Crippen LogP) is 3.42. The first-order chi connectivity index (χ1) is 11.0. The molecule has 1 aliphatic rings. The predicted molar refractivity (Wildman–Crippen MR) is 113 cm³/mol. The first-order valence-electron chi connectivity index (χ1n) is 9.30. The molecule has 0 aromatic rings. The second kappa shape index (κ2) is 13.7. The molecule has 0 aromatic carbocycles. The molecular weight excluding hydrogens is 415 g/mol. The van der Waals surface area contributed by atoms with Crippen molar-refractivity contribution >= 4 is 35.8 Å². The zero-order valence-corrected chi connectivity index (χ0v) is 18.0. The van der Waals surface area contributed by atoms with Crippen molar-refractivity contribution in [3.05, 3.63) is 0 Å². The average Bonchev–Trinajstić information content (AvgIpc) is 2.96. The topological polar surface area (TPSA) is 79.5 Å². The Kier molecular flexibility index (Phi) is 13.4. The van der Waals surface area contributed by atoms with Gasteiger partial charge in [-0.15, -0.1) is 24.0 Å². The molecule has 1 saturated carbocycles. The van der Waals surface area contributed by atoms with Crippen LogP contribution in [0.25, 0.3) is 0 Å². The third-order valence-electron chi connectivity index (χ3n) is 4.48. The second-order valence-electron chi connectivity index (χ2n) is 7.34. The first-order valence-corrected chi connectivity index (χ1v) is 9.30. The lowest BCUT2D eigenvalue weighted by Crippen LogP contribution is -2.39. The standard InChI is InChI=1S/C18H36N4O.HI/c1-14(2)7-6-8-15(3)22-18(19)21-12-11-20-17(23)13-16-9-4-5-10-16;/h14-16H,4-13H2,1-3H3,(H,20,23)(H3,19,21,22);1H. The number of hydrogen-bond acceptors (Lipinski definition) is 2. The lowest BCUT2D eigenvalue weighted by molar-refractivity contribution is -0.121. The number of aliphatic imine (C=N–C) groups is 1. The number of nitrogens with zero attached hydrogens (tertiary/aromatic N) is 1. The maximum Gasteiger partial charge on any atom is 0.220 e. The number of hydrogen-bond donors (Lipinski definition) is 3. The molecule has 4 N–H and O–H groups in total. The number of rotatable bonds is 10. The van der Waals surface area contributed by atoms with Crippen molar-refractivity contribution in [3.8, 4) is 0 Å². The van der Waals surface area contributed by atoms with Gasteiger partial charge in [-0.2, -0.15) is 0 Å². The highest BCUT2D eigenvalue weighted by Gasteiger charge is 2.17. The molecule has 1 unspecified atom stereocenters. The fourth-order valence-electron chi connectivity index (χ4n) is 3.12. The molecule has 6 heteroatoms. The molecule has 1 rings (SSSR count). The summed E-state index contributed by atoms with van der Waals surface area (Å²) < 4.78 is 0. The Morgan fingerprint density at radius 2 is 1.88 bits per heavy atom. The summed E-state index contributed by atoms with van der Waals surface area (Å²) in [6.45, 7) is 7.72. The summed E-state index contributed by atoms with van der Waals surface area (Å²) in [5.74, 6) is 1.98. The summed E-state index contributed by atoms with van der Waals surface area (Å²) in [6.07, 6.45) is 9.19. The van der Waals surface area contributed by atoms with Crippen LogP contribution in [-0.4, -0.2) is 31.0 Å². The van der Waals surface area contributed by atoms with Crippen LogP contribution in [0, 0.1) is 11.8 Å². The summed E-state index contributed by atoms with van der Waals surface area (Å²) in [6, 6.07) is 0.342. The molecule has 0 radical (unpaired) electrons. The van der Waals surface area contributed by atoms with Crippen molar-refractivity contribution in [1.82, 2.24) is 10.6 Å². The van der Waals surface area contributed by atoms with Gasteiger partial charge in [0.15, 0.2) is 5.96 Å². The molecule has 1 aliphatic carbocycles. The first kappa shape index (κ1) is 23.5. The van der Waals surface area contributed by atoms with E-state index in [1.165, 1.54) is 38.5 Å². The maximum absolute atomic E-state index is 11.8. The summed E-state index contributed by atoms with van der Waals surface area (Å²) in [5.41, 5.74) is 5.88. The summed E-state index contributed by atoms with van der Waals surface area (Å²) in [4.78, 5) is 16.1. The van der Waals surface area contributed by atoms with E-state index in [0.29, 0.717) is 37.4 Å². The van der Waals surface area contributed by atoms with Crippen LogP contribution in [0.4, 0.5) is 0 Å². The molecule has 0 bridgehead atoms. The van der Waals surface area contributed by atoms with E-state index in [0.717, 1.165) is 12.3 Å². The molecule has 24 heavy (non-hydrogen) atoms. The van der Waals surface area contributed by atoms with Gasteiger partial charge in [-0.3, -0.25) is 9.79 Å². The molecule has 142 valence electrons. The minimum atomic E-state index is 0. The summed E-state index contributed by atoms with van der Waals surface area (Å²) in [5, 5.41) is 6.15. The van der Waals surface area contributed by atoms with Crippen LogP contribution >= 0.6 is 24.0 Å². The molecule has 0 spiro atoms. The van der Waals surface area contributed by atoms with Crippen molar-refractivity contribution in [2.75, 3.05) is 13.1 Å². The lowest BCUT2D eigenvalue weighted by Gasteiger charge is -2.15. The third-order valence-corrected chi connectivity index (χ3v) is 4.48. The number of halogens is 1. The van der Waals surface area contributed by atoms with Crippen molar-refractivity contribution in [3.63, 3.8) is 0 Å². The van der Waals surface area contributed by atoms with E-state index in [-0.39, 0.29) is 29.9 Å². The number of guanidine groups is 1. The van der Waals surface area contributed by atoms with Crippen molar-refractivity contribution < 1.29 is 4.79 Å². The van der Waals surface area contributed by atoms with E-state index in [4.69, 9.17) is 5.73 Å². The van der Waals surface area contributed by atoms with Gasteiger partial charge in [0.1, 0.15) is 0 Å². The number of carbonyl (C=O) groups excluding carboxylic acids is 1. The van der Waals surface area contributed by atoms with Gasteiger partial charge in [0.05, 0.1) is 6.54 Å². The summed E-state index contributed by atoms with van der Waals surface area (Å²) >= 11 is 0. The maximum atomic E-state index is 11.8. The van der Waals surface area contributed by atoms with Gasteiger partial charge in [0, 0.05) is 19.0 Å². The highest BCUT2D eigenvalue weighted by atomic mass is 127. The Balaban J connectivity index is 0.00000529. The van der Waals surface area contributed by atoms with Gasteiger partial charge < -0.3 is 16.4 Å². The van der Waals surface area contributed by atoms with E-state index in [1.54, 1.807) is 0 Å². The molecular formula is C18H37IN4O. The fraction of sp³-hybridized carbons (Fsp3) is 0.889. The van der Waals surface area contributed by atoms with Crippen LogP contribution in [0.5, 0.6) is 0 Å². The third kappa shape index (κ3) is 11.9. The van der Waals surface area contributed by atoms with E-state index in [1.807, 2.05) is 0 Å². The normalized spacial score (nSPS) is 16.8. The van der Waals surface area contributed by atoms with Crippen molar-refractivity contribution in [1.29, 1.82) is 0 Å². The van der Waals surface area contributed by atoms with Crippen LogP contribution in [-0.2, 0) is 4.79 Å². The van der Waals surface area contributed by atoms with Gasteiger partial charge in [-0.25, -0.2) is 0 Å². The molecule has 0 aromatic heterocycles. The Hall–Kier alpha value is -0.530. The average molecular weight is 452 g/mol. The minimum absolute atomic E-state index is 0. The molecule has 1 atom stereocenters. The van der Waals surface area contributed by atoms with Crippen LogP contribution in [0.15, 0.2) is 4.99 Å². The SMILES string of the molecule is CC(C)CCCC(C)NC(N)=NCCNC(=O)CC1CCCC1.I. The van der Waals surface area contributed by atoms with Crippen LogP contribution in [0.1, 0.15) is 72.1 Å². The Morgan fingerprint density at radius 1 is 1.21 bits per heavy atom. The monoisotopic (exact) mass is 452 g/mol. The van der Waals surface area contributed by atoms with E-state index in [2.05, 4.69) is 36.4 Å². The zero-order valence-electron chi connectivity index (χ0n) is 15.6. The Labute approximate surface area is 165 Å². The largest absolute Gasteiger partial charge is 0.370 e. The van der Waals surface area contributed by atoms with Crippen molar-refractivity contribution in [2.24, 2.45) is 22.6 Å². The molecule has 5 nitrogen and oxygen atoms in total. The molecule has 0 saturated heterocycles. The Morgan fingerprint density at radius 3 is 2.50 bits per heavy atom. The summed E-state index contributed by atoms with van der Waals surface area (Å²) in [7, 11) is 0. The van der Waals surface area contributed by atoms with E-state index in [9.17, 15) is 4.79 Å². The van der Waals surface area contributed by atoms with Crippen LogP contribution in [0.2, 0.25) is 0 Å². The quantitative estimate of drug-likeness (QED) is 0.206. The van der Waals surface area contributed by atoms with Gasteiger partial charge in [-0.05, 0) is 38.0 Å². The van der Waals surface area contributed by atoms with Gasteiger partial charge in [-0.1, -0.05) is 39.5 Å². The lowest BCUT2D eigenvalue weighted by atomic mass is 10.0.